The topological polar surface area (TPSA) is 100 Å². The molecule has 9 heteroatoms. The number of hydrazone groups is 1. The van der Waals surface area contributed by atoms with Gasteiger partial charge in [0, 0.05) is 19.3 Å². The van der Waals surface area contributed by atoms with Crippen molar-refractivity contribution in [2.45, 2.75) is 26.8 Å². The van der Waals surface area contributed by atoms with Crippen LogP contribution >= 0.6 is 11.8 Å². The molecule has 28 heavy (non-hydrogen) atoms. The van der Waals surface area contributed by atoms with E-state index in [1.54, 1.807) is 25.1 Å². The van der Waals surface area contributed by atoms with Crippen LogP contribution in [0.3, 0.4) is 0 Å². The molecule has 1 unspecified atom stereocenters. The molecule has 2 amide bonds. The van der Waals surface area contributed by atoms with Gasteiger partial charge in [-0.2, -0.15) is 0 Å². The lowest BCUT2D eigenvalue weighted by molar-refractivity contribution is -0.139. The lowest BCUT2D eigenvalue weighted by Crippen LogP contribution is -2.41. The first kappa shape index (κ1) is 21.7. The van der Waals surface area contributed by atoms with Crippen molar-refractivity contribution < 1.29 is 19.1 Å². The number of carbonyl (C=O) groups excluding carboxylic acids is 3. The van der Waals surface area contributed by atoms with Gasteiger partial charge in [-0.25, -0.2) is 10.2 Å². The average Bonchev–Trinajstić information content (AvgIpc) is 3.07. The van der Waals surface area contributed by atoms with Gasteiger partial charge in [0.05, 0.1) is 6.61 Å². The highest BCUT2D eigenvalue weighted by atomic mass is 32.2. The van der Waals surface area contributed by atoms with Gasteiger partial charge in [-0.3, -0.25) is 9.59 Å². The second-order valence-corrected chi connectivity index (χ2v) is 7.96. The molecule has 1 saturated heterocycles. The van der Waals surface area contributed by atoms with Gasteiger partial charge in [-0.1, -0.05) is 49.9 Å². The van der Waals surface area contributed by atoms with Crippen LogP contribution < -0.4 is 10.7 Å². The van der Waals surface area contributed by atoms with E-state index in [-0.39, 0.29) is 12.5 Å². The highest BCUT2D eigenvalue weighted by molar-refractivity contribution is 8.14. The Labute approximate surface area is 169 Å². The summed E-state index contributed by atoms with van der Waals surface area (Å²) in [4.78, 5) is 39.2. The van der Waals surface area contributed by atoms with E-state index >= 15 is 0 Å². The van der Waals surface area contributed by atoms with E-state index in [1.165, 1.54) is 11.8 Å². The van der Waals surface area contributed by atoms with Gasteiger partial charge in [-0.15, -0.1) is 5.10 Å². The van der Waals surface area contributed by atoms with E-state index in [4.69, 9.17) is 4.74 Å². The van der Waals surface area contributed by atoms with Gasteiger partial charge in [0.25, 0.3) is 0 Å². The van der Waals surface area contributed by atoms with E-state index in [1.807, 2.05) is 31.9 Å². The lowest BCUT2D eigenvalue weighted by Gasteiger charge is -2.19. The third-order valence-corrected chi connectivity index (χ3v) is 5.08. The number of nitrogens with zero attached hydrogens (tertiary/aromatic N) is 2. The summed E-state index contributed by atoms with van der Waals surface area (Å²) in [5.74, 6) is -0.691. The fraction of sp³-hybridized carbons (Fsp3) is 0.474. The summed E-state index contributed by atoms with van der Waals surface area (Å²) in [6.45, 7) is 6.65. The zero-order valence-corrected chi connectivity index (χ0v) is 17.3. The Morgan fingerprint density at radius 3 is 2.61 bits per heavy atom. The molecule has 2 N–H and O–H groups in total. The summed E-state index contributed by atoms with van der Waals surface area (Å²) in [6, 6.07) is 5.90. The standard InChI is InChI=1S/C19H26N4O4S/c1-12(2)11-27-19(26)20-15(14-8-6-5-7-13(14)3)16(24)17(25)21-22-18-23(4)9-10-28-18/h5-8,12,15H,9-11H2,1-4H3,(H,20,26)(H,21,25)/b22-18-. The van der Waals surface area contributed by atoms with Crippen molar-refractivity contribution in [2.24, 2.45) is 11.0 Å². The number of hydrogen-bond acceptors (Lipinski definition) is 6. The molecule has 1 atom stereocenters. The fourth-order valence-electron chi connectivity index (χ4n) is 2.48. The first-order chi connectivity index (χ1) is 13.3. The minimum Gasteiger partial charge on any atom is -0.449 e. The Morgan fingerprint density at radius 1 is 1.29 bits per heavy atom. The summed E-state index contributed by atoms with van der Waals surface area (Å²) >= 11 is 1.49. The number of carbonyl (C=O) groups is 3. The van der Waals surface area contributed by atoms with Gasteiger partial charge in [0.1, 0.15) is 6.04 Å². The molecular weight excluding hydrogens is 380 g/mol. The van der Waals surface area contributed by atoms with Crippen molar-refractivity contribution >= 4 is 34.7 Å². The average molecular weight is 407 g/mol. The zero-order chi connectivity index (χ0) is 20.7. The molecule has 152 valence electrons. The molecule has 1 aliphatic heterocycles. The molecule has 0 spiro atoms. The van der Waals surface area contributed by atoms with Crippen molar-refractivity contribution in [3.8, 4) is 0 Å². The first-order valence-electron chi connectivity index (χ1n) is 9.04. The molecule has 1 heterocycles. The van der Waals surface area contributed by atoms with E-state index in [9.17, 15) is 14.4 Å². The van der Waals surface area contributed by atoms with E-state index in [0.717, 1.165) is 17.9 Å². The first-order valence-corrected chi connectivity index (χ1v) is 10.0. The number of amidine groups is 1. The normalized spacial score (nSPS) is 16.2. The molecule has 0 aromatic heterocycles. The molecule has 0 aliphatic carbocycles. The number of ether oxygens (including phenoxy) is 1. The van der Waals surface area contributed by atoms with Crippen LogP contribution in [0.5, 0.6) is 0 Å². The van der Waals surface area contributed by atoms with E-state index in [2.05, 4.69) is 15.8 Å². The summed E-state index contributed by atoms with van der Waals surface area (Å²) in [6.07, 6.45) is -0.750. The molecule has 1 fully saturated rings. The smallest absolute Gasteiger partial charge is 0.408 e. The number of ketones is 1. The van der Waals surface area contributed by atoms with Crippen LogP contribution in [-0.4, -0.2) is 53.8 Å². The fourth-order valence-corrected chi connectivity index (χ4v) is 3.45. The maximum Gasteiger partial charge on any atom is 0.408 e. The van der Waals surface area contributed by atoms with Crippen LogP contribution in [0.2, 0.25) is 0 Å². The van der Waals surface area contributed by atoms with Crippen molar-refractivity contribution in [2.75, 3.05) is 26.0 Å². The van der Waals surface area contributed by atoms with Gasteiger partial charge in [0.2, 0.25) is 5.78 Å². The number of aryl methyl sites for hydroxylation is 1. The third kappa shape index (κ3) is 5.98. The van der Waals surface area contributed by atoms with Gasteiger partial charge in [-0.05, 0) is 24.0 Å². The number of hydrogen-bond donors (Lipinski definition) is 2. The van der Waals surface area contributed by atoms with Crippen LogP contribution in [0.15, 0.2) is 29.4 Å². The Bertz CT molecular complexity index is 766. The Morgan fingerprint density at radius 2 is 2.00 bits per heavy atom. The number of alkyl carbamates (subject to hydrolysis) is 1. The van der Waals surface area contributed by atoms with Gasteiger partial charge in [0.15, 0.2) is 5.17 Å². The molecule has 1 aromatic rings. The molecule has 0 saturated carbocycles. The van der Waals surface area contributed by atoms with Crippen LogP contribution in [0.1, 0.15) is 31.0 Å². The summed E-state index contributed by atoms with van der Waals surface area (Å²) < 4.78 is 5.11. The molecule has 2 rings (SSSR count). The third-order valence-electron chi connectivity index (χ3n) is 4.03. The quantitative estimate of drug-likeness (QED) is 0.531. The number of thioether (sulfide) groups is 1. The van der Waals surface area contributed by atoms with Crippen LogP contribution in [0.4, 0.5) is 4.79 Å². The number of benzene rings is 1. The van der Waals surface area contributed by atoms with Crippen LogP contribution in [0, 0.1) is 12.8 Å². The Balaban J connectivity index is 2.15. The molecule has 1 aliphatic rings. The number of Topliss-reactive ketones (excluding diaryl/α,β-unsaturated/α-hetero) is 1. The molecule has 8 nitrogen and oxygen atoms in total. The molecule has 0 bridgehead atoms. The summed E-state index contributed by atoms with van der Waals surface area (Å²) in [7, 11) is 1.86. The molecule has 0 radical (unpaired) electrons. The predicted octanol–water partition coefficient (Wildman–Crippen LogP) is 2.05. The van der Waals surface area contributed by atoms with Crippen molar-refractivity contribution in [1.29, 1.82) is 0 Å². The minimum absolute atomic E-state index is 0.151. The van der Waals surface area contributed by atoms with Crippen LogP contribution in [-0.2, 0) is 14.3 Å². The number of amides is 2. The number of rotatable bonds is 7. The minimum atomic E-state index is -1.16. The highest BCUT2D eigenvalue weighted by Gasteiger charge is 2.30. The zero-order valence-electron chi connectivity index (χ0n) is 16.5. The lowest BCUT2D eigenvalue weighted by atomic mass is 9.98. The predicted molar refractivity (Wildman–Crippen MR) is 109 cm³/mol. The second-order valence-electron chi connectivity index (χ2n) is 6.90. The molecule has 1 aromatic carbocycles. The van der Waals surface area contributed by atoms with Crippen LogP contribution in [0.25, 0.3) is 0 Å². The molecular formula is C19H26N4O4S. The largest absolute Gasteiger partial charge is 0.449 e. The summed E-state index contributed by atoms with van der Waals surface area (Å²) in [5.41, 5.74) is 3.60. The van der Waals surface area contributed by atoms with Gasteiger partial charge < -0.3 is 15.0 Å². The van der Waals surface area contributed by atoms with Crippen molar-refractivity contribution in [1.82, 2.24) is 15.6 Å². The maximum absolute atomic E-state index is 12.8. The second kappa shape index (κ2) is 10.1. The van der Waals surface area contributed by atoms with Crippen molar-refractivity contribution in [3.63, 3.8) is 0 Å². The summed E-state index contributed by atoms with van der Waals surface area (Å²) in [5, 5.41) is 7.15. The maximum atomic E-state index is 12.8. The van der Waals surface area contributed by atoms with Gasteiger partial charge >= 0.3 is 12.0 Å². The van der Waals surface area contributed by atoms with E-state index in [0.29, 0.717) is 10.7 Å². The van der Waals surface area contributed by atoms with Crippen molar-refractivity contribution in [3.05, 3.63) is 35.4 Å². The van der Waals surface area contributed by atoms with E-state index < -0.39 is 23.8 Å². The Hall–Kier alpha value is -2.55. The highest BCUT2D eigenvalue weighted by Crippen LogP contribution is 2.19. The Kier molecular flexibility index (Phi) is 7.86. The monoisotopic (exact) mass is 406 g/mol. The number of nitrogens with one attached hydrogen (secondary N) is 2. The SMILES string of the molecule is Cc1ccccc1C(NC(=O)OCC(C)C)C(=O)C(=O)N/N=C1\SCCN1C.